The van der Waals surface area contributed by atoms with Crippen molar-refractivity contribution in [3.63, 3.8) is 0 Å². The highest BCUT2D eigenvalue weighted by Crippen LogP contribution is 2.27. The molecule has 4 rings (SSSR count). The van der Waals surface area contributed by atoms with Gasteiger partial charge in [0.25, 0.3) is 0 Å². The third-order valence-electron chi connectivity index (χ3n) is 5.34. The molecule has 0 atom stereocenters. The molecule has 1 amide bonds. The normalized spacial score (nSPS) is 19.5. The largest absolute Gasteiger partial charge is 0.338 e. The van der Waals surface area contributed by atoms with E-state index >= 15 is 0 Å². The molecule has 2 aromatic rings. The SMILES string of the molecule is Cn1ccnc1CN1CCC(C(=O)N2CCc3sccc3C2)CC1. The Morgan fingerprint density at radius 3 is 2.92 bits per heavy atom. The van der Waals surface area contributed by atoms with Gasteiger partial charge >= 0.3 is 0 Å². The molecule has 2 aliphatic heterocycles. The van der Waals surface area contributed by atoms with Crippen molar-refractivity contribution >= 4 is 17.2 Å². The number of nitrogens with zero attached hydrogens (tertiary/aromatic N) is 4. The standard InChI is InChI=1S/C18H24N4OS/c1-20-10-6-19-17(20)13-21-7-2-14(3-8-21)18(23)22-9-4-16-15(12-22)5-11-24-16/h5-6,10-11,14H,2-4,7-9,12-13H2,1H3. The fourth-order valence-corrected chi connectivity index (χ4v) is 4.67. The smallest absolute Gasteiger partial charge is 0.226 e. The maximum Gasteiger partial charge on any atom is 0.226 e. The first-order valence-corrected chi connectivity index (χ1v) is 9.61. The van der Waals surface area contributed by atoms with E-state index in [9.17, 15) is 4.79 Å². The summed E-state index contributed by atoms with van der Waals surface area (Å²) in [4.78, 5) is 23.2. The van der Waals surface area contributed by atoms with Crippen LogP contribution in [-0.4, -0.2) is 44.9 Å². The molecule has 2 aromatic heterocycles. The van der Waals surface area contributed by atoms with Crippen LogP contribution < -0.4 is 0 Å². The van der Waals surface area contributed by atoms with Crippen molar-refractivity contribution in [2.75, 3.05) is 19.6 Å². The average molecular weight is 344 g/mol. The maximum atomic E-state index is 12.9. The van der Waals surface area contributed by atoms with Crippen LogP contribution in [0.5, 0.6) is 0 Å². The predicted molar refractivity (Wildman–Crippen MR) is 94.6 cm³/mol. The minimum Gasteiger partial charge on any atom is -0.338 e. The van der Waals surface area contributed by atoms with Crippen LogP contribution in [0.4, 0.5) is 0 Å². The van der Waals surface area contributed by atoms with Gasteiger partial charge < -0.3 is 9.47 Å². The number of likely N-dealkylation sites (tertiary alicyclic amines) is 1. The Bertz CT molecular complexity index is 714. The number of carbonyl (C=O) groups is 1. The van der Waals surface area contributed by atoms with Crippen LogP contribution in [0.1, 0.15) is 29.1 Å². The van der Waals surface area contributed by atoms with Crippen LogP contribution in [0.3, 0.4) is 0 Å². The number of fused-ring (bicyclic) bond motifs is 1. The van der Waals surface area contributed by atoms with Gasteiger partial charge in [-0.1, -0.05) is 0 Å². The van der Waals surface area contributed by atoms with Crippen molar-refractivity contribution in [3.8, 4) is 0 Å². The molecule has 0 aromatic carbocycles. The molecule has 0 radical (unpaired) electrons. The lowest BCUT2D eigenvalue weighted by atomic mass is 9.94. The van der Waals surface area contributed by atoms with E-state index in [-0.39, 0.29) is 5.92 Å². The van der Waals surface area contributed by atoms with Crippen LogP contribution in [0.25, 0.3) is 0 Å². The van der Waals surface area contributed by atoms with Gasteiger partial charge in [0.1, 0.15) is 5.82 Å². The summed E-state index contributed by atoms with van der Waals surface area (Å²) in [6, 6.07) is 2.18. The summed E-state index contributed by atoms with van der Waals surface area (Å²) in [6.07, 6.45) is 6.80. The van der Waals surface area contributed by atoms with Crippen LogP contribution in [0.2, 0.25) is 0 Å². The highest BCUT2D eigenvalue weighted by atomic mass is 32.1. The molecule has 24 heavy (non-hydrogen) atoms. The number of rotatable bonds is 3. The minimum atomic E-state index is 0.197. The van der Waals surface area contributed by atoms with E-state index in [4.69, 9.17) is 0 Å². The topological polar surface area (TPSA) is 41.4 Å². The lowest BCUT2D eigenvalue weighted by molar-refractivity contribution is -0.138. The van der Waals surface area contributed by atoms with Crippen molar-refractivity contribution < 1.29 is 4.79 Å². The van der Waals surface area contributed by atoms with Gasteiger partial charge in [0, 0.05) is 43.3 Å². The second-order valence-corrected chi connectivity index (χ2v) is 7.88. The van der Waals surface area contributed by atoms with E-state index in [1.165, 1.54) is 10.4 Å². The molecule has 0 bridgehead atoms. The van der Waals surface area contributed by atoms with Crippen molar-refractivity contribution in [3.05, 3.63) is 40.1 Å². The molecule has 0 unspecified atom stereocenters. The Kier molecular flexibility index (Phi) is 4.41. The Balaban J connectivity index is 1.31. The van der Waals surface area contributed by atoms with Gasteiger partial charge in [-0.15, -0.1) is 11.3 Å². The Morgan fingerprint density at radius 2 is 2.17 bits per heavy atom. The summed E-state index contributed by atoms with van der Waals surface area (Å²) in [5.41, 5.74) is 1.35. The molecule has 0 spiro atoms. The third-order valence-corrected chi connectivity index (χ3v) is 6.37. The summed E-state index contributed by atoms with van der Waals surface area (Å²) in [6.45, 7) is 4.55. The second-order valence-electron chi connectivity index (χ2n) is 6.88. The summed E-state index contributed by atoms with van der Waals surface area (Å²) in [7, 11) is 2.04. The average Bonchev–Trinajstić information content (AvgIpc) is 3.23. The molecule has 1 fully saturated rings. The number of aromatic nitrogens is 2. The first-order chi connectivity index (χ1) is 11.7. The number of aryl methyl sites for hydroxylation is 1. The van der Waals surface area contributed by atoms with Crippen LogP contribution in [0.15, 0.2) is 23.8 Å². The van der Waals surface area contributed by atoms with Gasteiger partial charge in [-0.05, 0) is 49.4 Å². The van der Waals surface area contributed by atoms with Crippen molar-refractivity contribution in [1.82, 2.24) is 19.4 Å². The van der Waals surface area contributed by atoms with Gasteiger partial charge in [-0.25, -0.2) is 4.98 Å². The predicted octanol–water partition coefficient (Wildman–Crippen LogP) is 2.28. The Hall–Kier alpha value is -1.66. The maximum absolute atomic E-state index is 12.9. The zero-order chi connectivity index (χ0) is 16.5. The van der Waals surface area contributed by atoms with Gasteiger partial charge in [-0.3, -0.25) is 9.69 Å². The van der Waals surface area contributed by atoms with Crippen LogP contribution >= 0.6 is 11.3 Å². The monoisotopic (exact) mass is 344 g/mol. The van der Waals surface area contributed by atoms with E-state index in [0.717, 1.165) is 57.8 Å². The molecule has 0 aliphatic carbocycles. The van der Waals surface area contributed by atoms with Gasteiger partial charge in [-0.2, -0.15) is 0 Å². The Morgan fingerprint density at radius 1 is 1.33 bits per heavy atom. The zero-order valence-corrected chi connectivity index (χ0v) is 15.0. The van der Waals surface area contributed by atoms with Gasteiger partial charge in [0.05, 0.1) is 6.54 Å². The summed E-state index contributed by atoms with van der Waals surface area (Å²) >= 11 is 1.83. The lowest BCUT2D eigenvalue weighted by Crippen LogP contribution is -2.44. The molecule has 2 aliphatic rings. The van der Waals surface area contributed by atoms with Gasteiger partial charge in [0.15, 0.2) is 0 Å². The van der Waals surface area contributed by atoms with E-state index in [2.05, 4.69) is 30.8 Å². The minimum absolute atomic E-state index is 0.197. The number of hydrogen-bond donors (Lipinski definition) is 0. The number of carbonyl (C=O) groups excluding carboxylic acids is 1. The molecule has 128 valence electrons. The van der Waals surface area contributed by atoms with Crippen molar-refractivity contribution in [1.29, 1.82) is 0 Å². The zero-order valence-electron chi connectivity index (χ0n) is 14.1. The molecule has 1 saturated heterocycles. The molecule has 6 heteroatoms. The van der Waals surface area contributed by atoms with E-state index in [0.29, 0.717) is 5.91 Å². The van der Waals surface area contributed by atoms with E-state index < -0.39 is 0 Å². The Labute approximate surface area is 146 Å². The number of imidazole rings is 1. The van der Waals surface area contributed by atoms with Crippen LogP contribution in [-0.2, 0) is 31.4 Å². The molecular formula is C18H24N4OS. The quantitative estimate of drug-likeness (QED) is 0.858. The first kappa shape index (κ1) is 15.8. The highest BCUT2D eigenvalue weighted by Gasteiger charge is 2.30. The fraction of sp³-hybridized carbons (Fsp3) is 0.556. The summed E-state index contributed by atoms with van der Waals surface area (Å²) in [5.74, 6) is 1.66. The van der Waals surface area contributed by atoms with Crippen molar-refractivity contribution in [2.45, 2.75) is 32.4 Å². The highest BCUT2D eigenvalue weighted by molar-refractivity contribution is 7.10. The molecule has 0 N–H and O–H groups in total. The summed E-state index contributed by atoms with van der Waals surface area (Å²) < 4.78 is 2.07. The number of piperidine rings is 1. The van der Waals surface area contributed by atoms with E-state index in [1.54, 1.807) is 0 Å². The number of hydrogen-bond acceptors (Lipinski definition) is 4. The van der Waals surface area contributed by atoms with Gasteiger partial charge in [0.2, 0.25) is 5.91 Å². The molecule has 4 heterocycles. The molecule has 5 nitrogen and oxygen atoms in total. The lowest BCUT2D eigenvalue weighted by Gasteiger charge is -2.35. The second kappa shape index (κ2) is 6.69. The molecule has 0 saturated carbocycles. The fourth-order valence-electron chi connectivity index (χ4n) is 3.78. The van der Waals surface area contributed by atoms with Crippen LogP contribution in [0, 0.1) is 5.92 Å². The van der Waals surface area contributed by atoms with Crippen molar-refractivity contribution in [2.24, 2.45) is 13.0 Å². The summed E-state index contributed by atoms with van der Waals surface area (Å²) in [5, 5.41) is 2.15. The number of amides is 1. The van der Waals surface area contributed by atoms with E-state index in [1.807, 2.05) is 30.8 Å². The third kappa shape index (κ3) is 3.13. The number of thiophene rings is 1. The molecular weight excluding hydrogens is 320 g/mol. The first-order valence-electron chi connectivity index (χ1n) is 8.73.